The first-order chi connectivity index (χ1) is 6.95. The monoisotopic (exact) mass is 177 g/mol. The zero-order valence-electron chi connectivity index (χ0n) is 7.70. The van der Waals surface area contributed by atoms with Gasteiger partial charge in [-0.15, -0.1) is 0 Å². The Labute approximate surface area is 83.5 Å². The van der Waals surface area contributed by atoms with E-state index in [0.29, 0.717) is 0 Å². The van der Waals surface area contributed by atoms with Crippen molar-refractivity contribution in [1.82, 2.24) is 0 Å². The van der Waals surface area contributed by atoms with E-state index >= 15 is 0 Å². The largest absolute Gasteiger partial charge is 0.0622 e. The molecule has 1 aliphatic carbocycles. The van der Waals surface area contributed by atoms with Gasteiger partial charge in [-0.1, -0.05) is 54.6 Å². The fraction of sp³-hybridized carbons (Fsp3) is 0. The molecule has 0 saturated heterocycles. The summed E-state index contributed by atoms with van der Waals surface area (Å²) in [5, 5.41) is 0. The van der Waals surface area contributed by atoms with E-state index in [4.69, 9.17) is 0 Å². The summed E-state index contributed by atoms with van der Waals surface area (Å²) in [7, 11) is 0. The lowest BCUT2D eigenvalue weighted by Gasteiger charge is -2.14. The Kier molecular flexibility index (Phi) is 1.54. The highest BCUT2D eigenvalue weighted by atomic mass is 14.1. The van der Waals surface area contributed by atoms with Crippen molar-refractivity contribution < 1.29 is 0 Å². The van der Waals surface area contributed by atoms with Gasteiger partial charge in [0.05, 0.1) is 0 Å². The van der Waals surface area contributed by atoms with Crippen molar-refractivity contribution in [3.63, 3.8) is 0 Å². The third-order valence-corrected chi connectivity index (χ3v) is 2.57. The Balaban J connectivity index is 2.20. The summed E-state index contributed by atoms with van der Waals surface area (Å²) in [6.07, 6.45) is 4.25. The molecule has 0 bridgehead atoms. The minimum atomic E-state index is 1.23. The van der Waals surface area contributed by atoms with Crippen LogP contribution < -0.4 is 0 Å². The first kappa shape index (κ1) is 7.57. The summed E-state index contributed by atoms with van der Waals surface area (Å²) in [6, 6.07) is 17.8. The molecule has 0 heterocycles. The van der Waals surface area contributed by atoms with Gasteiger partial charge in [-0.25, -0.2) is 0 Å². The number of rotatable bonds is 1. The van der Waals surface area contributed by atoms with Gasteiger partial charge in [0.2, 0.25) is 0 Å². The van der Waals surface area contributed by atoms with Crippen molar-refractivity contribution in [2.75, 3.05) is 0 Å². The summed E-state index contributed by atoms with van der Waals surface area (Å²) in [4.78, 5) is 0. The molecule has 0 atom stereocenters. The Morgan fingerprint density at radius 1 is 0.857 bits per heavy atom. The fourth-order valence-electron chi connectivity index (χ4n) is 1.78. The maximum Gasteiger partial charge on any atom is -0.00987 e. The zero-order valence-corrected chi connectivity index (χ0v) is 7.70. The van der Waals surface area contributed by atoms with Gasteiger partial charge in [-0.05, 0) is 28.3 Å². The minimum absolute atomic E-state index is 1.23. The first-order valence-electron chi connectivity index (χ1n) is 4.73. The van der Waals surface area contributed by atoms with Crippen molar-refractivity contribution in [3.8, 4) is 11.1 Å². The van der Waals surface area contributed by atoms with Crippen molar-refractivity contribution in [2.24, 2.45) is 0 Å². The molecule has 0 aromatic heterocycles. The van der Waals surface area contributed by atoms with Crippen LogP contribution in [0.5, 0.6) is 0 Å². The van der Waals surface area contributed by atoms with Crippen LogP contribution in [0.25, 0.3) is 23.3 Å². The van der Waals surface area contributed by atoms with Gasteiger partial charge < -0.3 is 0 Å². The Morgan fingerprint density at radius 3 is 2.43 bits per heavy atom. The lowest BCUT2D eigenvalue weighted by Crippen LogP contribution is -1.93. The normalized spacial score (nSPS) is 12.0. The molecule has 2 aromatic rings. The van der Waals surface area contributed by atoms with Crippen LogP contribution in [0.2, 0.25) is 0 Å². The Hall–Kier alpha value is -1.82. The SMILES string of the molecule is [c]1ccc(-c2ccccc2)c2c1C=C2. The van der Waals surface area contributed by atoms with Gasteiger partial charge in [-0.3, -0.25) is 0 Å². The van der Waals surface area contributed by atoms with E-state index in [1.165, 1.54) is 22.3 Å². The van der Waals surface area contributed by atoms with Crippen LogP contribution in [0.15, 0.2) is 42.5 Å². The molecule has 0 aliphatic heterocycles. The summed E-state index contributed by atoms with van der Waals surface area (Å²) < 4.78 is 0. The molecule has 0 amide bonds. The van der Waals surface area contributed by atoms with Crippen LogP contribution in [0, 0.1) is 6.07 Å². The quantitative estimate of drug-likeness (QED) is 0.532. The molecule has 1 radical (unpaired) electrons. The second-order valence-corrected chi connectivity index (χ2v) is 3.42. The topological polar surface area (TPSA) is 0 Å². The molecule has 0 fully saturated rings. The van der Waals surface area contributed by atoms with E-state index < -0.39 is 0 Å². The summed E-state index contributed by atoms with van der Waals surface area (Å²) in [5.41, 5.74) is 5.13. The van der Waals surface area contributed by atoms with Crippen LogP contribution in [0.4, 0.5) is 0 Å². The number of fused-ring (bicyclic) bond motifs is 1. The number of benzene rings is 2. The van der Waals surface area contributed by atoms with Gasteiger partial charge in [0.25, 0.3) is 0 Å². The van der Waals surface area contributed by atoms with Crippen molar-refractivity contribution >= 4 is 12.2 Å². The summed E-state index contributed by atoms with van der Waals surface area (Å²) in [5.74, 6) is 0. The second kappa shape index (κ2) is 2.85. The van der Waals surface area contributed by atoms with Gasteiger partial charge in [0, 0.05) is 0 Å². The maximum absolute atomic E-state index is 3.21. The number of hydrogen-bond acceptors (Lipinski definition) is 0. The third kappa shape index (κ3) is 1.01. The molecule has 0 unspecified atom stereocenters. The molecule has 14 heavy (non-hydrogen) atoms. The molecule has 1 aliphatic rings. The van der Waals surface area contributed by atoms with Gasteiger partial charge >= 0.3 is 0 Å². The van der Waals surface area contributed by atoms with E-state index in [-0.39, 0.29) is 0 Å². The van der Waals surface area contributed by atoms with Crippen LogP contribution >= 0.6 is 0 Å². The minimum Gasteiger partial charge on any atom is -0.0622 e. The molecule has 0 spiro atoms. The van der Waals surface area contributed by atoms with Gasteiger partial charge in [-0.2, -0.15) is 0 Å². The van der Waals surface area contributed by atoms with E-state index in [1.807, 2.05) is 12.1 Å². The van der Waals surface area contributed by atoms with Gasteiger partial charge in [0.1, 0.15) is 0 Å². The second-order valence-electron chi connectivity index (χ2n) is 3.42. The zero-order chi connectivity index (χ0) is 9.38. The average Bonchev–Trinajstić information content (AvgIpc) is 2.21. The molecule has 0 saturated carbocycles. The molecule has 3 rings (SSSR count). The van der Waals surface area contributed by atoms with E-state index in [1.54, 1.807) is 0 Å². The highest BCUT2D eigenvalue weighted by Crippen LogP contribution is 2.33. The highest BCUT2D eigenvalue weighted by molar-refractivity contribution is 5.93. The smallest absolute Gasteiger partial charge is 0.00987 e. The lowest BCUT2D eigenvalue weighted by atomic mass is 9.89. The maximum atomic E-state index is 3.21. The Morgan fingerprint density at radius 2 is 1.71 bits per heavy atom. The third-order valence-electron chi connectivity index (χ3n) is 2.57. The average molecular weight is 177 g/mol. The molecular formula is C14H9. The lowest BCUT2D eigenvalue weighted by molar-refractivity contribution is 1.53. The van der Waals surface area contributed by atoms with Crippen molar-refractivity contribution in [2.45, 2.75) is 0 Å². The standard InChI is InChI=1S/C14H9/c1-2-5-11(6-3-1)13-8-4-7-12-9-10-14(12)13/h1-6,8-10H. The van der Waals surface area contributed by atoms with Crippen LogP contribution in [0.3, 0.4) is 0 Å². The highest BCUT2D eigenvalue weighted by Gasteiger charge is 2.10. The Bertz CT molecular complexity index is 493. The fourth-order valence-corrected chi connectivity index (χ4v) is 1.78. The predicted octanol–water partition coefficient (Wildman–Crippen LogP) is 3.64. The molecular weight excluding hydrogens is 168 g/mol. The van der Waals surface area contributed by atoms with Crippen LogP contribution in [-0.4, -0.2) is 0 Å². The van der Waals surface area contributed by atoms with Crippen molar-refractivity contribution in [3.05, 3.63) is 59.7 Å². The number of hydrogen-bond donors (Lipinski definition) is 0. The van der Waals surface area contributed by atoms with E-state index in [2.05, 4.69) is 48.6 Å². The molecule has 0 N–H and O–H groups in total. The van der Waals surface area contributed by atoms with Gasteiger partial charge in [0.15, 0.2) is 0 Å². The summed E-state index contributed by atoms with van der Waals surface area (Å²) >= 11 is 0. The van der Waals surface area contributed by atoms with E-state index in [0.717, 1.165) is 0 Å². The molecule has 0 heteroatoms. The van der Waals surface area contributed by atoms with Crippen molar-refractivity contribution in [1.29, 1.82) is 0 Å². The predicted molar refractivity (Wildman–Crippen MR) is 59.6 cm³/mol. The molecule has 2 aromatic carbocycles. The van der Waals surface area contributed by atoms with Crippen LogP contribution in [0.1, 0.15) is 11.1 Å². The van der Waals surface area contributed by atoms with Crippen LogP contribution in [-0.2, 0) is 0 Å². The molecule has 65 valence electrons. The first-order valence-corrected chi connectivity index (χ1v) is 4.73. The summed E-state index contributed by atoms with van der Waals surface area (Å²) in [6.45, 7) is 0. The molecule has 0 nitrogen and oxygen atoms in total. The van der Waals surface area contributed by atoms with E-state index in [9.17, 15) is 0 Å².